The standard InChI is InChI=1S/C18H26F3NO3/c1-6-9-25-17(4,11-12(2)3)16(23)22-13-7-8-15(24-5)14(10-13)18(19,20)21/h7-8,10,12H,6,9,11H2,1-5H3,(H,22,23)/t17-/m0/s1. The fourth-order valence-corrected chi connectivity index (χ4v) is 2.59. The van der Waals surface area contributed by atoms with Gasteiger partial charge in [-0.15, -0.1) is 0 Å². The lowest BCUT2D eigenvalue weighted by Gasteiger charge is -2.30. The van der Waals surface area contributed by atoms with Gasteiger partial charge < -0.3 is 14.8 Å². The summed E-state index contributed by atoms with van der Waals surface area (Å²) in [5.74, 6) is -0.570. The van der Waals surface area contributed by atoms with E-state index in [9.17, 15) is 18.0 Å². The normalized spacial score (nSPS) is 14.3. The fraction of sp³-hybridized carbons (Fsp3) is 0.611. The van der Waals surface area contributed by atoms with Gasteiger partial charge in [-0.25, -0.2) is 0 Å². The van der Waals surface area contributed by atoms with E-state index in [0.29, 0.717) is 13.0 Å². The van der Waals surface area contributed by atoms with Gasteiger partial charge in [0.2, 0.25) is 0 Å². The van der Waals surface area contributed by atoms with Crippen LogP contribution in [0.2, 0.25) is 0 Å². The lowest BCUT2D eigenvalue weighted by Crippen LogP contribution is -2.44. The van der Waals surface area contributed by atoms with E-state index in [-0.39, 0.29) is 17.4 Å². The average Bonchev–Trinajstić information content (AvgIpc) is 2.51. The van der Waals surface area contributed by atoms with Crippen LogP contribution in [0.25, 0.3) is 0 Å². The van der Waals surface area contributed by atoms with Crippen molar-refractivity contribution in [3.63, 3.8) is 0 Å². The number of anilines is 1. The van der Waals surface area contributed by atoms with Crippen LogP contribution in [0.15, 0.2) is 18.2 Å². The molecule has 1 amide bonds. The van der Waals surface area contributed by atoms with Crippen LogP contribution in [-0.2, 0) is 15.7 Å². The van der Waals surface area contributed by atoms with Crippen molar-refractivity contribution in [2.75, 3.05) is 19.0 Å². The van der Waals surface area contributed by atoms with E-state index in [1.807, 2.05) is 20.8 Å². The Morgan fingerprint density at radius 1 is 1.28 bits per heavy atom. The Kier molecular flexibility index (Phi) is 7.29. The molecule has 0 spiro atoms. The molecule has 0 aliphatic heterocycles. The second kappa shape index (κ2) is 8.56. The Hall–Kier alpha value is -1.76. The summed E-state index contributed by atoms with van der Waals surface area (Å²) in [5, 5.41) is 2.54. The molecule has 0 aliphatic carbocycles. The number of hydrogen-bond donors (Lipinski definition) is 1. The summed E-state index contributed by atoms with van der Waals surface area (Å²) in [5.41, 5.74) is -2.00. The highest BCUT2D eigenvalue weighted by Gasteiger charge is 2.37. The van der Waals surface area contributed by atoms with Gasteiger partial charge >= 0.3 is 6.18 Å². The molecule has 1 atom stereocenters. The number of hydrogen-bond acceptors (Lipinski definition) is 3. The number of halogens is 3. The zero-order valence-corrected chi connectivity index (χ0v) is 15.3. The van der Waals surface area contributed by atoms with E-state index < -0.39 is 23.2 Å². The first-order valence-electron chi connectivity index (χ1n) is 8.24. The van der Waals surface area contributed by atoms with Gasteiger partial charge in [0, 0.05) is 12.3 Å². The van der Waals surface area contributed by atoms with Gasteiger partial charge in [-0.05, 0) is 43.9 Å². The van der Waals surface area contributed by atoms with Crippen molar-refractivity contribution in [1.82, 2.24) is 0 Å². The largest absolute Gasteiger partial charge is 0.496 e. The van der Waals surface area contributed by atoms with Gasteiger partial charge in [0.15, 0.2) is 0 Å². The summed E-state index contributed by atoms with van der Waals surface area (Å²) >= 11 is 0. The highest BCUT2D eigenvalue weighted by Crippen LogP contribution is 2.38. The van der Waals surface area contributed by atoms with Crippen molar-refractivity contribution in [2.24, 2.45) is 5.92 Å². The minimum absolute atomic E-state index is 0.0493. The van der Waals surface area contributed by atoms with Crippen molar-refractivity contribution >= 4 is 11.6 Å². The SMILES string of the molecule is CCCO[C@@](C)(CC(C)C)C(=O)Nc1ccc(OC)c(C(F)(F)F)c1. The zero-order chi connectivity index (χ0) is 19.3. The summed E-state index contributed by atoms with van der Waals surface area (Å²) in [4.78, 5) is 12.6. The van der Waals surface area contributed by atoms with Crippen LogP contribution in [0.1, 0.15) is 46.1 Å². The number of benzene rings is 1. The van der Waals surface area contributed by atoms with Gasteiger partial charge in [0.25, 0.3) is 5.91 Å². The predicted octanol–water partition coefficient (Wildman–Crippen LogP) is 4.88. The summed E-state index contributed by atoms with van der Waals surface area (Å²) < 4.78 is 49.8. The number of rotatable bonds is 8. The van der Waals surface area contributed by atoms with Gasteiger partial charge in [0.1, 0.15) is 11.4 Å². The van der Waals surface area contributed by atoms with Crippen LogP contribution >= 0.6 is 0 Å². The number of methoxy groups -OCH3 is 1. The molecule has 1 N–H and O–H groups in total. The first kappa shape index (κ1) is 21.3. The number of carbonyl (C=O) groups excluding carboxylic acids is 1. The molecule has 0 aliphatic rings. The number of amides is 1. The summed E-state index contributed by atoms with van der Waals surface area (Å²) in [7, 11) is 1.17. The second-order valence-corrected chi connectivity index (χ2v) is 6.54. The smallest absolute Gasteiger partial charge is 0.420 e. The lowest BCUT2D eigenvalue weighted by atomic mass is 9.93. The Morgan fingerprint density at radius 2 is 1.92 bits per heavy atom. The molecule has 0 aromatic heterocycles. The first-order chi connectivity index (χ1) is 11.5. The molecule has 0 unspecified atom stereocenters. The van der Waals surface area contributed by atoms with Crippen LogP contribution in [0.5, 0.6) is 5.75 Å². The third-order valence-electron chi connectivity index (χ3n) is 3.67. The van der Waals surface area contributed by atoms with Crippen LogP contribution in [-0.4, -0.2) is 25.2 Å². The molecule has 1 aromatic rings. The number of carbonyl (C=O) groups is 1. The Labute approximate surface area is 146 Å². The summed E-state index contributed by atoms with van der Waals surface area (Å²) in [6, 6.07) is 3.43. The molecule has 0 bridgehead atoms. The van der Waals surface area contributed by atoms with E-state index in [0.717, 1.165) is 12.5 Å². The van der Waals surface area contributed by atoms with E-state index in [1.165, 1.54) is 19.2 Å². The second-order valence-electron chi connectivity index (χ2n) is 6.54. The maximum atomic E-state index is 13.1. The minimum Gasteiger partial charge on any atom is -0.496 e. The highest BCUT2D eigenvalue weighted by atomic mass is 19.4. The van der Waals surface area contributed by atoms with Crippen molar-refractivity contribution in [1.29, 1.82) is 0 Å². The molecule has 0 heterocycles. The molecule has 0 radical (unpaired) electrons. The molecule has 0 saturated heterocycles. The summed E-state index contributed by atoms with van der Waals surface area (Å²) in [6.45, 7) is 7.89. The molecular formula is C18H26F3NO3. The van der Waals surface area contributed by atoms with Gasteiger partial charge in [0.05, 0.1) is 12.7 Å². The number of alkyl halides is 3. The quantitative estimate of drug-likeness (QED) is 0.718. The molecule has 4 nitrogen and oxygen atoms in total. The van der Waals surface area contributed by atoms with E-state index >= 15 is 0 Å². The van der Waals surface area contributed by atoms with E-state index in [1.54, 1.807) is 6.92 Å². The molecule has 142 valence electrons. The number of ether oxygens (including phenoxy) is 2. The van der Waals surface area contributed by atoms with Crippen LogP contribution in [0.4, 0.5) is 18.9 Å². The van der Waals surface area contributed by atoms with Gasteiger partial charge in [-0.2, -0.15) is 13.2 Å². The zero-order valence-electron chi connectivity index (χ0n) is 15.3. The number of nitrogens with one attached hydrogen (secondary N) is 1. The Morgan fingerprint density at radius 3 is 2.40 bits per heavy atom. The van der Waals surface area contributed by atoms with Crippen LogP contribution < -0.4 is 10.1 Å². The molecule has 25 heavy (non-hydrogen) atoms. The van der Waals surface area contributed by atoms with Crippen molar-refractivity contribution in [3.05, 3.63) is 23.8 Å². The van der Waals surface area contributed by atoms with E-state index in [2.05, 4.69) is 5.32 Å². The fourth-order valence-electron chi connectivity index (χ4n) is 2.59. The predicted molar refractivity (Wildman–Crippen MR) is 90.7 cm³/mol. The van der Waals surface area contributed by atoms with Gasteiger partial charge in [-0.3, -0.25) is 4.79 Å². The average molecular weight is 361 g/mol. The van der Waals surface area contributed by atoms with Gasteiger partial charge in [-0.1, -0.05) is 20.8 Å². The molecule has 7 heteroatoms. The van der Waals surface area contributed by atoms with Crippen LogP contribution in [0.3, 0.4) is 0 Å². The Bertz CT molecular complexity index is 587. The van der Waals surface area contributed by atoms with E-state index in [4.69, 9.17) is 9.47 Å². The molecule has 1 rings (SSSR count). The molecule has 1 aromatic carbocycles. The minimum atomic E-state index is -4.58. The Balaban J connectivity index is 3.07. The lowest BCUT2D eigenvalue weighted by molar-refractivity contribution is -0.141. The van der Waals surface area contributed by atoms with Crippen molar-refractivity contribution < 1.29 is 27.4 Å². The molecule has 0 fully saturated rings. The maximum Gasteiger partial charge on any atom is 0.420 e. The summed E-state index contributed by atoms with van der Waals surface area (Å²) in [6.07, 6.45) is -3.38. The third kappa shape index (κ3) is 5.92. The maximum absolute atomic E-state index is 13.1. The monoisotopic (exact) mass is 361 g/mol. The highest BCUT2D eigenvalue weighted by molar-refractivity contribution is 5.97. The third-order valence-corrected chi connectivity index (χ3v) is 3.67. The van der Waals surface area contributed by atoms with Crippen molar-refractivity contribution in [2.45, 2.75) is 52.3 Å². The molecular weight excluding hydrogens is 335 g/mol. The van der Waals surface area contributed by atoms with Crippen LogP contribution in [0, 0.1) is 5.92 Å². The topological polar surface area (TPSA) is 47.6 Å². The molecule has 0 saturated carbocycles. The first-order valence-corrected chi connectivity index (χ1v) is 8.24. The van der Waals surface area contributed by atoms with Crippen molar-refractivity contribution in [3.8, 4) is 5.75 Å².